The van der Waals surface area contributed by atoms with Crippen molar-refractivity contribution in [3.8, 4) is 0 Å². The second kappa shape index (κ2) is 7.72. The number of nitrogens with one attached hydrogen (secondary N) is 2. The van der Waals surface area contributed by atoms with Crippen LogP contribution in [0.1, 0.15) is 48.9 Å². The van der Waals surface area contributed by atoms with E-state index in [4.69, 9.17) is 4.74 Å². The van der Waals surface area contributed by atoms with Gasteiger partial charge in [-0.3, -0.25) is 14.4 Å². The van der Waals surface area contributed by atoms with E-state index in [-0.39, 0.29) is 29.9 Å². The Morgan fingerprint density at radius 3 is 2.77 bits per heavy atom. The average molecular weight is 307 g/mol. The van der Waals surface area contributed by atoms with Crippen LogP contribution in [0.2, 0.25) is 0 Å². The Hall–Kier alpha value is -2.18. The van der Waals surface area contributed by atoms with Crippen molar-refractivity contribution in [1.82, 2.24) is 15.5 Å². The number of nitrogens with zero attached hydrogens (tertiary/aromatic N) is 1. The molecule has 2 rings (SSSR count). The molecule has 1 unspecified atom stereocenters. The van der Waals surface area contributed by atoms with Crippen molar-refractivity contribution in [2.75, 3.05) is 7.11 Å². The summed E-state index contributed by atoms with van der Waals surface area (Å²) in [6.07, 6.45) is 6.77. The summed E-state index contributed by atoms with van der Waals surface area (Å²) >= 11 is 0. The van der Waals surface area contributed by atoms with E-state index in [9.17, 15) is 14.4 Å². The summed E-state index contributed by atoms with van der Waals surface area (Å²) in [5.74, 6) is -0.611. The first-order valence-corrected chi connectivity index (χ1v) is 7.53. The molecule has 1 atom stereocenters. The van der Waals surface area contributed by atoms with Crippen molar-refractivity contribution >= 4 is 11.9 Å². The van der Waals surface area contributed by atoms with E-state index in [1.807, 2.05) is 0 Å². The Morgan fingerprint density at radius 1 is 1.41 bits per heavy atom. The highest BCUT2D eigenvalue weighted by Gasteiger charge is 2.28. The molecule has 1 fully saturated rings. The fourth-order valence-electron chi connectivity index (χ4n) is 2.90. The zero-order valence-corrected chi connectivity index (χ0v) is 12.6. The SMILES string of the molecule is COC(=O)CC(NC(=O)c1ccn[nH]c1=O)C1CCCCC1. The van der Waals surface area contributed by atoms with E-state index in [0.29, 0.717) is 0 Å². The molecule has 0 saturated heterocycles. The summed E-state index contributed by atoms with van der Waals surface area (Å²) in [4.78, 5) is 35.5. The van der Waals surface area contributed by atoms with Crippen LogP contribution in [0.25, 0.3) is 0 Å². The number of esters is 1. The average Bonchev–Trinajstić information content (AvgIpc) is 2.55. The van der Waals surface area contributed by atoms with Crippen LogP contribution in [0.4, 0.5) is 0 Å². The minimum Gasteiger partial charge on any atom is -0.469 e. The van der Waals surface area contributed by atoms with Crippen LogP contribution < -0.4 is 10.9 Å². The zero-order chi connectivity index (χ0) is 15.9. The summed E-state index contributed by atoms with van der Waals surface area (Å²) in [5.41, 5.74) is -0.541. The van der Waals surface area contributed by atoms with Crippen LogP contribution in [-0.2, 0) is 9.53 Å². The fraction of sp³-hybridized carbons (Fsp3) is 0.600. The molecule has 0 aromatic carbocycles. The predicted molar refractivity (Wildman–Crippen MR) is 79.3 cm³/mol. The van der Waals surface area contributed by atoms with Crippen LogP contribution in [0, 0.1) is 5.92 Å². The van der Waals surface area contributed by atoms with Gasteiger partial charge in [0.2, 0.25) is 0 Å². The summed E-state index contributed by atoms with van der Waals surface area (Å²) in [5, 5.41) is 8.62. The Labute approximate surface area is 128 Å². The Bertz CT molecular complexity index is 578. The number of amides is 1. The van der Waals surface area contributed by atoms with Gasteiger partial charge >= 0.3 is 5.97 Å². The van der Waals surface area contributed by atoms with E-state index >= 15 is 0 Å². The molecule has 0 spiro atoms. The molecule has 0 bridgehead atoms. The molecular weight excluding hydrogens is 286 g/mol. The first-order chi connectivity index (χ1) is 10.6. The molecule has 1 aromatic rings. The highest BCUT2D eigenvalue weighted by atomic mass is 16.5. The summed E-state index contributed by atoms with van der Waals surface area (Å²) < 4.78 is 4.71. The molecule has 1 aliphatic rings. The third-order valence-electron chi connectivity index (χ3n) is 4.12. The lowest BCUT2D eigenvalue weighted by molar-refractivity contribution is -0.141. The third-order valence-corrected chi connectivity index (χ3v) is 4.12. The third kappa shape index (κ3) is 4.16. The van der Waals surface area contributed by atoms with Crippen LogP contribution in [-0.4, -0.2) is 35.2 Å². The van der Waals surface area contributed by atoms with Gasteiger partial charge in [-0.1, -0.05) is 19.3 Å². The standard InChI is InChI=1S/C15H21N3O4/c1-22-13(19)9-12(10-5-3-2-4-6-10)17-14(20)11-7-8-16-18-15(11)21/h7-8,10,12H,2-6,9H2,1H3,(H,17,20)(H,18,21). The molecule has 7 nitrogen and oxygen atoms in total. The molecule has 1 aliphatic carbocycles. The number of rotatable bonds is 5. The number of ether oxygens (including phenoxy) is 1. The highest BCUT2D eigenvalue weighted by molar-refractivity contribution is 5.94. The predicted octanol–water partition coefficient (Wildman–Crippen LogP) is 1.01. The number of carbonyl (C=O) groups excluding carboxylic acids is 2. The molecule has 22 heavy (non-hydrogen) atoms. The van der Waals surface area contributed by atoms with E-state index in [1.165, 1.54) is 25.8 Å². The van der Waals surface area contributed by atoms with Crippen LogP contribution in [0.15, 0.2) is 17.1 Å². The number of carbonyl (C=O) groups is 2. The molecule has 2 N–H and O–H groups in total. The fourth-order valence-corrected chi connectivity index (χ4v) is 2.90. The topological polar surface area (TPSA) is 101 Å². The van der Waals surface area contributed by atoms with Gasteiger partial charge in [0.05, 0.1) is 13.5 Å². The summed E-state index contributed by atoms with van der Waals surface area (Å²) in [7, 11) is 1.33. The van der Waals surface area contributed by atoms with Crippen LogP contribution >= 0.6 is 0 Å². The minimum atomic E-state index is -0.541. The maximum atomic E-state index is 12.3. The van der Waals surface area contributed by atoms with Gasteiger partial charge < -0.3 is 10.1 Å². The normalized spacial score (nSPS) is 16.8. The molecule has 1 heterocycles. The monoisotopic (exact) mass is 307 g/mol. The smallest absolute Gasteiger partial charge is 0.307 e. The summed E-state index contributed by atoms with van der Waals surface area (Å²) in [6, 6.07) is 1.05. The Balaban J connectivity index is 2.11. The van der Waals surface area contributed by atoms with E-state index in [1.54, 1.807) is 0 Å². The highest BCUT2D eigenvalue weighted by Crippen LogP contribution is 2.28. The van der Waals surface area contributed by atoms with E-state index in [2.05, 4.69) is 15.5 Å². The number of hydrogen-bond donors (Lipinski definition) is 2. The van der Waals surface area contributed by atoms with Crippen molar-refractivity contribution in [2.24, 2.45) is 5.92 Å². The number of H-pyrrole nitrogens is 1. The summed E-state index contributed by atoms with van der Waals surface area (Å²) in [6.45, 7) is 0. The lowest BCUT2D eigenvalue weighted by atomic mass is 9.82. The number of methoxy groups -OCH3 is 1. The quantitative estimate of drug-likeness (QED) is 0.791. The molecule has 1 amide bonds. The van der Waals surface area contributed by atoms with Crippen LogP contribution in [0.3, 0.4) is 0 Å². The van der Waals surface area contributed by atoms with E-state index in [0.717, 1.165) is 25.7 Å². The molecule has 120 valence electrons. The second-order valence-electron chi connectivity index (χ2n) is 5.56. The van der Waals surface area contributed by atoms with Gasteiger partial charge in [0.25, 0.3) is 11.5 Å². The molecule has 0 aliphatic heterocycles. The first kappa shape index (κ1) is 16.2. The van der Waals surface area contributed by atoms with Gasteiger partial charge in [0.1, 0.15) is 5.56 Å². The Morgan fingerprint density at radius 2 is 2.14 bits per heavy atom. The van der Waals surface area contributed by atoms with Gasteiger partial charge in [-0.15, -0.1) is 0 Å². The van der Waals surface area contributed by atoms with Crippen molar-refractivity contribution in [1.29, 1.82) is 0 Å². The minimum absolute atomic E-state index is 0.000625. The molecule has 7 heteroatoms. The maximum Gasteiger partial charge on any atom is 0.307 e. The molecule has 1 saturated carbocycles. The van der Waals surface area contributed by atoms with Gasteiger partial charge in [0, 0.05) is 12.2 Å². The molecule has 0 radical (unpaired) electrons. The van der Waals surface area contributed by atoms with Gasteiger partial charge in [-0.25, -0.2) is 5.10 Å². The Kier molecular flexibility index (Phi) is 5.68. The van der Waals surface area contributed by atoms with Crippen LogP contribution in [0.5, 0.6) is 0 Å². The zero-order valence-electron chi connectivity index (χ0n) is 12.6. The molecule has 1 aromatic heterocycles. The van der Waals surface area contributed by atoms with Crippen molar-refractivity contribution in [2.45, 2.75) is 44.6 Å². The lowest BCUT2D eigenvalue weighted by Crippen LogP contribution is -2.44. The lowest BCUT2D eigenvalue weighted by Gasteiger charge is -2.30. The van der Waals surface area contributed by atoms with Crippen molar-refractivity contribution in [3.05, 3.63) is 28.2 Å². The molecular formula is C15H21N3O4. The second-order valence-corrected chi connectivity index (χ2v) is 5.56. The van der Waals surface area contributed by atoms with Gasteiger partial charge in [-0.05, 0) is 24.8 Å². The van der Waals surface area contributed by atoms with Crippen molar-refractivity contribution in [3.63, 3.8) is 0 Å². The number of aromatic nitrogens is 2. The maximum absolute atomic E-state index is 12.3. The van der Waals surface area contributed by atoms with Gasteiger partial charge in [0.15, 0.2) is 0 Å². The van der Waals surface area contributed by atoms with E-state index < -0.39 is 11.5 Å². The van der Waals surface area contributed by atoms with Gasteiger partial charge in [-0.2, -0.15) is 5.10 Å². The number of hydrogen-bond acceptors (Lipinski definition) is 5. The van der Waals surface area contributed by atoms with Crippen molar-refractivity contribution < 1.29 is 14.3 Å². The first-order valence-electron chi connectivity index (χ1n) is 7.53. The number of aromatic amines is 1. The largest absolute Gasteiger partial charge is 0.469 e.